The number of rotatable bonds is 5. The van der Waals surface area contributed by atoms with Crippen molar-refractivity contribution in [2.24, 2.45) is 0 Å². The molecule has 5 rings (SSSR count). The van der Waals surface area contributed by atoms with Crippen LogP contribution in [0.2, 0.25) is 0 Å². The molecule has 8 nitrogen and oxygen atoms in total. The zero-order valence-corrected chi connectivity index (χ0v) is 17.2. The maximum atomic E-state index is 12.8. The van der Waals surface area contributed by atoms with Crippen LogP contribution in [0, 0.1) is 0 Å². The first-order valence-electron chi connectivity index (χ1n) is 10.6. The molecule has 3 aromatic rings. The summed E-state index contributed by atoms with van der Waals surface area (Å²) < 4.78 is 7.08. The van der Waals surface area contributed by atoms with Gasteiger partial charge in [0.2, 0.25) is 5.91 Å². The first-order valence-corrected chi connectivity index (χ1v) is 10.6. The number of hydrogen-bond acceptors (Lipinski definition) is 6. The third kappa shape index (κ3) is 3.81. The van der Waals surface area contributed by atoms with Crippen molar-refractivity contribution in [2.75, 3.05) is 38.2 Å². The Kier molecular flexibility index (Phi) is 4.98. The Morgan fingerprint density at radius 1 is 1.03 bits per heavy atom. The van der Waals surface area contributed by atoms with Crippen molar-refractivity contribution in [1.82, 2.24) is 24.7 Å². The minimum Gasteiger partial charge on any atom is -0.497 e. The van der Waals surface area contributed by atoms with Crippen molar-refractivity contribution < 1.29 is 9.53 Å². The summed E-state index contributed by atoms with van der Waals surface area (Å²) in [6.45, 7) is 3.12. The molecule has 30 heavy (non-hydrogen) atoms. The third-order valence-electron chi connectivity index (χ3n) is 5.90. The Hall–Kier alpha value is -3.16. The van der Waals surface area contributed by atoms with Crippen molar-refractivity contribution in [1.29, 1.82) is 0 Å². The second kappa shape index (κ2) is 7.93. The van der Waals surface area contributed by atoms with E-state index in [1.807, 2.05) is 45.8 Å². The highest BCUT2D eigenvalue weighted by molar-refractivity contribution is 5.79. The largest absolute Gasteiger partial charge is 0.497 e. The number of carbonyl (C=O) groups is 1. The molecule has 3 heterocycles. The Morgan fingerprint density at radius 3 is 2.63 bits per heavy atom. The van der Waals surface area contributed by atoms with Crippen LogP contribution < -0.4 is 9.64 Å². The third-order valence-corrected chi connectivity index (χ3v) is 5.90. The highest BCUT2D eigenvalue weighted by Gasteiger charge is 2.29. The topological polar surface area (TPSA) is 75.9 Å². The molecule has 0 radical (unpaired) electrons. The highest BCUT2D eigenvalue weighted by Crippen LogP contribution is 2.38. The summed E-state index contributed by atoms with van der Waals surface area (Å²) in [6.07, 6.45) is 3.68. The highest BCUT2D eigenvalue weighted by atomic mass is 16.5. The van der Waals surface area contributed by atoms with E-state index in [9.17, 15) is 4.79 Å². The molecule has 2 aromatic heterocycles. The monoisotopic (exact) mass is 406 g/mol. The average Bonchev–Trinajstić information content (AvgIpc) is 3.57. The van der Waals surface area contributed by atoms with E-state index in [0.29, 0.717) is 18.9 Å². The van der Waals surface area contributed by atoms with Gasteiger partial charge >= 0.3 is 0 Å². The maximum Gasteiger partial charge on any atom is 0.227 e. The molecular formula is C22H26N6O2. The maximum absolute atomic E-state index is 12.8. The first kappa shape index (κ1) is 18.8. The van der Waals surface area contributed by atoms with Crippen LogP contribution in [-0.4, -0.2) is 63.9 Å². The van der Waals surface area contributed by atoms with Crippen molar-refractivity contribution in [3.63, 3.8) is 0 Å². The molecular weight excluding hydrogens is 380 g/mol. The summed E-state index contributed by atoms with van der Waals surface area (Å²) in [5.74, 6) is 3.36. The van der Waals surface area contributed by atoms with Crippen LogP contribution >= 0.6 is 0 Å². The van der Waals surface area contributed by atoms with Gasteiger partial charge < -0.3 is 14.5 Å². The predicted octanol–water partition coefficient (Wildman–Crippen LogP) is 2.29. The van der Waals surface area contributed by atoms with Crippen molar-refractivity contribution >= 4 is 17.4 Å². The lowest BCUT2D eigenvalue weighted by atomic mass is 10.1. The fourth-order valence-corrected chi connectivity index (χ4v) is 3.99. The molecule has 1 aliphatic heterocycles. The van der Waals surface area contributed by atoms with E-state index >= 15 is 0 Å². The SMILES string of the molecule is COc1ccc(CC(=O)N2CCCN(c3ccc4nnc(C5CC5)n4n3)CC2)cc1. The van der Waals surface area contributed by atoms with Crippen molar-refractivity contribution in [3.05, 3.63) is 47.8 Å². The number of methoxy groups -OCH3 is 1. The van der Waals surface area contributed by atoms with Gasteiger partial charge in [0, 0.05) is 32.1 Å². The lowest BCUT2D eigenvalue weighted by Gasteiger charge is -2.23. The van der Waals surface area contributed by atoms with Crippen LogP contribution in [0.15, 0.2) is 36.4 Å². The zero-order valence-electron chi connectivity index (χ0n) is 17.2. The van der Waals surface area contributed by atoms with Gasteiger partial charge in [0.05, 0.1) is 13.5 Å². The van der Waals surface area contributed by atoms with Crippen LogP contribution in [-0.2, 0) is 11.2 Å². The van der Waals surface area contributed by atoms with Crippen LogP contribution in [0.3, 0.4) is 0 Å². The molecule has 1 aliphatic carbocycles. The van der Waals surface area contributed by atoms with E-state index in [1.165, 1.54) is 12.8 Å². The van der Waals surface area contributed by atoms with E-state index in [1.54, 1.807) is 7.11 Å². The van der Waals surface area contributed by atoms with E-state index in [0.717, 1.165) is 54.7 Å². The average molecular weight is 406 g/mol. The van der Waals surface area contributed by atoms with Crippen LogP contribution in [0.5, 0.6) is 5.75 Å². The number of hydrogen-bond donors (Lipinski definition) is 0. The molecule has 156 valence electrons. The van der Waals surface area contributed by atoms with Gasteiger partial charge in [-0.15, -0.1) is 15.3 Å². The number of amides is 1. The predicted molar refractivity (Wildman–Crippen MR) is 113 cm³/mol. The Balaban J connectivity index is 1.25. The van der Waals surface area contributed by atoms with Gasteiger partial charge in [-0.2, -0.15) is 4.52 Å². The second-order valence-corrected chi connectivity index (χ2v) is 8.04. The molecule has 1 saturated carbocycles. The number of nitrogens with zero attached hydrogens (tertiary/aromatic N) is 6. The fourth-order valence-electron chi connectivity index (χ4n) is 3.99. The number of benzene rings is 1. The molecule has 1 aromatic carbocycles. The zero-order chi connectivity index (χ0) is 20.5. The van der Waals surface area contributed by atoms with E-state index in [4.69, 9.17) is 9.84 Å². The smallest absolute Gasteiger partial charge is 0.227 e. The van der Waals surface area contributed by atoms with Gasteiger partial charge in [0.25, 0.3) is 0 Å². The first-order chi connectivity index (χ1) is 14.7. The van der Waals surface area contributed by atoms with Gasteiger partial charge in [0.15, 0.2) is 11.5 Å². The normalized spacial score (nSPS) is 17.2. The number of anilines is 1. The number of aromatic nitrogens is 4. The fraction of sp³-hybridized carbons (Fsp3) is 0.455. The molecule has 1 amide bonds. The Labute approximate surface area is 175 Å². The lowest BCUT2D eigenvalue weighted by Crippen LogP contribution is -2.36. The van der Waals surface area contributed by atoms with E-state index < -0.39 is 0 Å². The molecule has 0 spiro atoms. The molecule has 0 bridgehead atoms. The molecule has 2 aliphatic rings. The summed E-state index contributed by atoms with van der Waals surface area (Å²) in [7, 11) is 1.64. The van der Waals surface area contributed by atoms with Crippen LogP contribution in [0.1, 0.15) is 36.6 Å². The van der Waals surface area contributed by atoms with Crippen molar-refractivity contribution in [2.45, 2.75) is 31.6 Å². The summed E-state index contributed by atoms with van der Waals surface area (Å²) in [5, 5.41) is 13.4. The molecule has 8 heteroatoms. The van der Waals surface area contributed by atoms with Crippen LogP contribution in [0.25, 0.3) is 5.65 Å². The second-order valence-electron chi connectivity index (χ2n) is 8.04. The lowest BCUT2D eigenvalue weighted by molar-refractivity contribution is -0.130. The number of ether oxygens (including phenoxy) is 1. The van der Waals surface area contributed by atoms with Crippen molar-refractivity contribution in [3.8, 4) is 5.75 Å². The van der Waals surface area contributed by atoms with Gasteiger partial charge in [-0.1, -0.05) is 12.1 Å². The number of carbonyl (C=O) groups excluding carboxylic acids is 1. The molecule has 0 unspecified atom stereocenters. The Bertz CT molecular complexity index is 1040. The van der Waals surface area contributed by atoms with E-state index in [2.05, 4.69) is 15.1 Å². The van der Waals surface area contributed by atoms with Gasteiger partial charge in [-0.3, -0.25) is 4.79 Å². The minimum absolute atomic E-state index is 0.167. The standard InChI is InChI=1S/C22H26N6O2/c1-30-18-7-3-16(4-8-18)15-21(29)27-12-2-11-26(13-14-27)20-10-9-19-23-24-22(17-5-6-17)28(19)25-20/h3-4,7-10,17H,2,5-6,11-15H2,1H3. The summed E-state index contributed by atoms with van der Waals surface area (Å²) in [6, 6.07) is 11.7. The molecule has 1 saturated heterocycles. The van der Waals surface area contributed by atoms with Crippen LogP contribution in [0.4, 0.5) is 5.82 Å². The molecule has 2 fully saturated rings. The van der Waals surface area contributed by atoms with E-state index in [-0.39, 0.29) is 5.91 Å². The minimum atomic E-state index is 0.167. The Morgan fingerprint density at radius 2 is 1.87 bits per heavy atom. The molecule has 0 atom stereocenters. The van der Waals surface area contributed by atoms with Gasteiger partial charge in [-0.05, 0) is 49.1 Å². The number of fused-ring (bicyclic) bond motifs is 1. The molecule has 0 N–H and O–H groups in total. The quantitative estimate of drug-likeness (QED) is 0.647. The van der Waals surface area contributed by atoms with Gasteiger partial charge in [0.1, 0.15) is 11.6 Å². The summed E-state index contributed by atoms with van der Waals surface area (Å²) in [5.41, 5.74) is 1.81. The summed E-state index contributed by atoms with van der Waals surface area (Å²) >= 11 is 0. The summed E-state index contributed by atoms with van der Waals surface area (Å²) in [4.78, 5) is 17.1. The van der Waals surface area contributed by atoms with Gasteiger partial charge in [-0.25, -0.2) is 0 Å².